The number of carbonyl (C=O) groups excluding carboxylic acids is 1. The summed E-state index contributed by atoms with van der Waals surface area (Å²) in [5.74, 6) is -0.475. The first-order valence-corrected chi connectivity index (χ1v) is 8.76. The third-order valence-electron chi connectivity index (χ3n) is 3.53. The number of H-pyrrole nitrogens is 1. The molecule has 0 saturated heterocycles. The van der Waals surface area contributed by atoms with E-state index in [0.29, 0.717) is 21.3 Å². The quantitative estimate of drug-likeness (QED) is 0.409. The van der Waals surface area contributed by atoms with E-state index >= 15 is 0 Å². The highest BCUT2D eigenvalue weighted by Crippen LogP contribution is 2.26. The fourth-order valence-electron chi connectivity index (χ4n) is 2.26. The van der Waals surface area contributed by atoms with Crippen molar-refractivity contribution < 1.29 is 14.0 Å². The molecule has 0 amide bonds. The number of aromatic amines is 1. The number of aromatic nitrogens is 3. The zero-order valence-corrected chi connectivity index (χ0v) is 15.1. The van der Waals surface area contributed by atoms with Crippen molar-refractivity contribution in [1.82, 2.24) is 10.3 Å². The molecule has 3 aromatic rings. The SMILES string of the molecule is C[n+]1[nH]oc(=O)c1C(=O)CSc1nc(-c2ccc(Cl)cc2)ccc1C#N. The number of nitriles is 1. The summed E-state index contributed by atoms with van der Waals surface area (Å²) in [5.41, 5.74) is 1.02. The van der Waals surface area contributed by atoms with Gasteiger partial charge in [0.15, 0.2) is 7.05 Å². The van der Waals surface area contributed by atoms with Gasteiger partial charge in [0.05, 0.1) is 17.0 Å². The molecule has 1 aromatic carbocycles. The van der Waals surface area contributed by atoms with Gasteiger partial charge in [0, 0.05) is 10.6 Å². The summed E-state index contributed by atoms with van der Waals surface area (Å²) < 4.78 is 5.79. The van der Waals surface area contributed by atoms with Gasteiger partial charge < -0.3 is 0 Å². The number of nitrogens with zero attached hydrogens (tertiary/aromatic N) is 3. The molecule has 0 aliphatic rings. The van der Waals surface area contributed by atoms with E-state index in [-0.39, 0.29) is 11.4 Å². The van der Waals surface area contributed by atoms with E-state index in [1.54, 1.807) is 24.3 Å². The maximum absolute atomic E-state index is 12.3. The maximum Gasteiger partial charge on any atom is 0.438 e. The molecule has 1 N–H and O–H groups in total. The van der Waals surface area contributed by atoms with Crippen molar-refractivity contribution in [2.75, 3.05) is 5.75 Å². The Labute approximate surface area is 157 Å². The highest BCUT2D eigenvalue weighted by Gasteiger charge is 2.26. The van der Waals surface area contributed by atoms with Gasteiger partial charge in [-0.25, -0.2) is 9.78 Å². The molecule has 0 radical (unpaired) electrons. The molecule has 0 aliphatic carbocycles. The summed E-state index contributed by atoms with van der Waals surface area (Å²) >= 11 is 6.98. The van der Waals surface area contributed by atoms with Gasteiger partial charge in [-0.05, 0) is 29.5 Å². The number of ketones is 1. The van der Waals surface area contributed by atoms with Gasteiger partial charge >= 0.3 is 11.3 Å². The summed E-state index contributed by atoms with van der Waals surface area (Å²) in [5, 5.41) is 12.6. The molecule has 3 rings (SSSR count). The number of Topliss-reactive ketones (excluding diaryl/α,β-unsaturated/α-hetero) is 1. The Bertz CT molecular complexity index is 1070. The van der Waals surface area contributed by atoms with Crippen molar-refractivity contribution in [1.29, 1.82) is 5.26 Å². The molecular formula is C17H12ClN4O3S+. The Balaban J connectivity index is 1.86. The molecule has 0 unspecified atom stereocenters. The van der Waals surface area contributed by atoms with Crippen LogP contribution in [0.25, 0.3) is 11.3 Å². The second-order valence-corrected chi connectivity index (χ2v) is 6.67. The highest BCUT2D eigenvalue weighted by atomic mass is 35.5. The Morgan fingerprint density at radius 1 is 1.35 bits per heavy atom. The van der Waals surface area contributed by atoms with E-state index < -0.39 is 11.4 Å². The average Bonchev–Trinajstić information content (AvgIpc) is 2.98. The Morgan fingerprint density at radius 2 is 2.08 bits per heavy atom. The van der Waals surface area contributed by atoms with E-state index in [0.717, 1.165) is 17.3 Å². The summed E-state index contributed by atoms with van der Waals surface area (Å²) in [7, 11) is 1.50. The highest BCUT2D eigenvalue weighted by molar-refractivity contribution is 8.00. The number of nitrogens with one attached hydrogen (secondary N) is 1. The van der Waals surface area contributed by atoms with Gasteiger partial charge in [0.1, 0.15) is 11.1 Å². The zero-order valence-electron chi connectivity index (χ0n) is 13.5. The topological polar surface area (TPSA) is 104 Å². The van der Waals surface area contributed by atoms with Gasteiger partial charge in [-0.15, -0.1) is 0 Å². The van der Waals surface area contributed by atoms with E-state index in [1.165, 1.54) is 11.7 Å². The van der Waals surface area contributed by atoms with E-state index in [9.17, 15) is 14.9 Å². The van der Waals surface area contributed by atoms with Gasteiger partial charge in [-0.2, -0.15) is 5.26 Å². The second-order valence-electron chi connectivity index (χ2n) is 5.27. The average molecular weight is 388 g/mol. The molecule has 2 heterocycles. The van der Waals surface area contributed by atoms with E-state index in [1.807, 2.05) is 12.1 Å². The molecular weight excluding hydrogens is 376 g/mol. The number of benzene rings is 1. The Hall–Kier alpha value is -2.89. The molecule has 130 valence electrons. The monoisotopic (exact) mass is 387 g/mol. The molecule has 0 atom stereocenters. The molecule has 0 saturated carbocycles. The van der Waals surface area contributed by atoms with Crippen LogP contribution in [0, 0.1) is 11.3 Å². The lowest BCUT2D eigenvalue weighted by atomic mass is 10.1. The van der Waals surface area contributed by atoms with Crippen LogP contribution < -0.4 is 10.3 Å². The minimum atomic E-state index is -0.735. The van der Waals surface area contributed by atoms with E-state index in [2.05, 4.69) is 20.8 Å². The van der Waals surface area contributed by atoms with Gasteiger partial charge in [-0.3, -0.25) is 9.32 Å². The lowest BCUT2D eigenvalue weighted by Gasteiger charge is -2.06. The van der Waals surface area contributed by atoms with Crippen molar-refractivity contribution in [2.45, 2.75) is 5.03 Å². The van der Waals surface area contributed by atoms with Crippen molar-refractivity contribution in [2.24, 2.45) is 7.05 Å². The molecule has 26 heavy (non-hydrogen) atoms. The number of hydrogen-bond acceptors (Lipinski definition) is 6. The number of hydrogen-bond donors (Lipinski definition) is 1. The van der Waals surface area contributed by atoms with Crippen LogP contribution in [0.2, 0.25) is 5.02 Å². The first kappa shape index (κ1) is 17.9. The van der Waals surface area contributed by atoms with Crippen LogP contribution in [-0.2, 0) is 7.05 Å². The van der Waals surface area contributed by atoms with Crippen LogP contribution in [0.15, 0.2) is 50.7 Å². The molecule has 9 heteroatoms. The minimum absolute atomic E-state index is 0.0534. The predicted molar refractivity (Wildman–Crippen MR) is 95.0 cm³/mol. The second kappa shape index (κ2) is 7.56. The first-order valence-electron chi connectivity index (χ1n) is 7.40. The molecule has 7 nitrogen and oxygen atoms in total. The number of rotatable bonds is 5. The third kappa shape index (κ3) is 3.69. The van der Waals surface area contributed by atoms with Crippen molar-refractivity contribution >= 4 is 29.1 Å². The van der Waals surface area contributed by atoms with E-state index in [4.69, 9.17) is 11.6 Å². The maximum atomic E-state index is 12.3. The predicted octanol–water partition coefficient (Wildman–Crippen LogP) is 2.35. The fraction of sp³-hybridized carbons (Fsp3) is 0.118. The van der Waals surface area contributed by atoms with Crippen LogP contribution in [0.4, 0.5) is 0 Å². The molecule has 2 aromatic heterocycles. The van der Waals surface area contributed by atoms with Crippen molar-refractivity contribution in [3.05, 3.63) is 63.1 Å². The summed E-state index contributed by atoms with van der Waals surface area (Å²) in [6.45, 7) is 0. The number of aryl methyl sites for hydroxylation is 1. The smallest absolute Gasteiger partial charge is 0.286 e. The lowest BCUT2D eigenvalue weighted by Crippen LogP contribution is -2.39. The molecule has 0 spiro atoms. The Morgan fingerprint density at radius 3 is 2.69 bits per heavy atom. The summed E-state index contributed by atoms with van der Waals surface area (Å²) in [4.78, 5) is 28.3. The fourth-order valence-corrected chi connectivity index (χ4v) is 3.22. The largest absolute Gasteiger partial charge is 0.438 e. The third-order valence-corrected chi connectivity index (χ3v) is 4.77. The normalized spacial score (nSPS) is 10.5. The van der Waals surface area contributed by atoms with Gasteiger partial charge in [0.25, 0.3) is 0 Å². The van der Waals surface area contributed by atoms with Gasteiger partial charge in [0.2, 0.25) is 5.78 Å². The van der Waals surface area contributed by atoms with Crippen LogP contribution >= 0.6 is 23.4 Å². The summed E-state index contributed by atoms with van der Waals surface area (Å²) in [6, 6.07) is 12.6. The number of carbonyl (C=O) groups is 1. The zero-order chi connectivity index (χ0) is 18.7. The van der Waals surface area contributed by atoms with Crippen LogP contribution in [0.1, 0.15) is 16.1 Å². The van der Waals surface area contributed by atoms with Gasteiger partial charge in [-0.1, -0.05) is 40.2 Å². The summed E-state index contributed by atoms with van der Waals surface area (Å²) in [6.07, 6.45) is 0. The standard InChI is InChI=1S/C17H11ClN4O3S/c1-22-15(17(24)25-21-22)14(23)9-26-16-11(8-19)4-7-13(20-16)10-2-5-12(18)6-3-10/h2-7H,9H2,1H3/p+1. The van der Waals surface area contributed by atoms with Crippen molar-refractivity contribution in [3.8, 4) is 17.3 Å². The molecule has 0 fully saturated rings. The number of halogens is 1. The molecule has 0 bridgehead atoms. The van der Waals surface area contributed by atoms with Crippen LogP contribution in [0.3, 0.4) is 0 Å². The lowest BCUT2D eigenvalue weighted by molar-refractivity contribution is -0.741. The minimum Gasteiger partial charge on any atom is -0.286 e. The number of pyridine rings is 1. The molecule has 0 aliphatic heterocycles. The van der Waals surface area contributed by atoms with Crippen LogP contribution in [0.5, 0.6) is 0 Å². The number of thioether (sulfide) groups is 1. The van der Waals surface area contributed by atoms with Crippen LogP contribution in [-0.4, -0.2) is 21.8 Å². The first-order chi connectivity index (χ1) is 12.5. The van der Waals surface area contributed by atoms with Crippen molar-refractivity contribution in [3.63, 3.8) is 0 Å². The Kier molecular flexibility index (Phi) is 5.21.